The number of aliphatic hydroxyl groups excluding tert-OH is 1. The molecule has 274 valence electrons. The first kappa shape index (κ1) is 38.6. The van der Waals surface area contributed by atoms with Crippen LogP contribution in [0.2, 0.25) is 0 Å². The van der Waals surface area contributed by atoms with Gasteiger partial charge in [0.05, 0.1) is 61.8 Å². The van der Waals surface area contributed by atoms with Crippen LogP contribution in [0.1, 0.15) is 56.2 Å². The van der Waals surface area contributed by atoms with E-state index in [-0.39, 0.29) is 68.7 Å². The number of thiazole rings is 1. The first-order valence-electron chi connectivity index (χ1n) is 16.5. The highest BCUT2D eigenvalue weighted by Gasteiger charge is 2.43. The maximum Gasteiger partial charge on any atom is 0.407 e. The Bertz CT molecular complexity index is 1580. The molecular weight excluding hydrogens is 670 g/mol. The second-order valence-electron chi connectivity index (χ2n) is 12.4. The van der Waals surface area contributed by atoms with Gasteiger partial charge < -0.3 is 48.8 Å². The summed E-state index contributed by atoms with van der Waals surface area (Å²) in [6, 6.07) is 6.03. The predicted molar refractivity (Wildman–Crippen MR) is 183 cm³/mol. The van der Waals surface area contributed by atoms with Gasteiger partial charge in [-0.15, -0.1) is 11.3 Å². The van der Waals surface area contributed by atoms with Gasteiger partial charge in [0.1, 0.15) is 24.3 Å². The fourth-order valence-corrected chi connectivity index (χ4v) is 6.51. The van der Waals surface area contributed by atoms with Crippen molar-refractivity contribution in [2.45, 2.75) is 58.2 Å². The number of methoxy groups -OCH3 is 1. The van der Waals surface area contributed by atoms with Crippen LogP contribution in [0, 0.1) is 12.8 Å². The van der Waals surface area contributed by atoms with E-state index in [0.29, 0.717) is 19.0 Å². The molecule has 0 unspecified atom stereocenters. The van der Waals surface area contributed by atoms with Gasteiger partial charge in [0.2, 0.25) is 11.8 Å². The molecule has 1 aromatic carbocycles. The minimum atomic E-state index is -1.02. The Labute approximate surface area is 295 Å². The summed E-state index contributed by atoms with van der Waals surface area (Å²) in [6.07, 6.45) is -1.78. The van der Waals surface area contributed by atoms with Crippen molar-refractivity contribution in [2.75, 3.05) is 60.3 Å². The van der Waals surface area contributed by atoms with Gasteiger partial charge in [-0.25, -0.2) is 9.78 Å². The van der Waals surface area contributed by atoms with E-state index in [1.165, 1.54) is 11.9 Å². The van der Waals surface area contributed by atoms with E-state index in [4.69, 9.17) is 28.6 Å². The van der Waals surface area contributed by atoms with Crippen LogP contribution in [0.15, 0.2) is 34.3 Å². The molecule has 0 aliphatic carbocycles. The van der Waals surface area contributed by atoms with E-state index < -0.39 is 30.2 Å². The molecule has 50 heavy (non-hydrogen) atoms. The van der Waals surface area contributed by atoms with Crippen LogP contribution >= 0.6 is 11.3 Å². The van der Waals surface area contributed by atoms with Crippen molar-refractivity contribution in [1.29, 1.82) is 0 Å². The summed E-state index contributed by atoms with van der Waals surface area (Å²) in [6.45, 7) is 9.09. The molecule has 1 aliphatic rings. The zero-order valence-corrected chi connectivity index (χ0v) is 30.1. The van der Waals surface area contributed by atoms with Crippen molar-refractivity contribution in [2.24, 2.45) is 5.92 Å². The maximum absolute atomic E-state index is 14.0. The minimum Gasteiger partial charge on any atom is -0.496 e. The third kappa shape index (κ3) is 9.93. The number of ether oxygens (including phenoxy) is 4. The molecule has 3 amide bonds. The van der Waals surface area contributed by atoms with Crippen molar-refractivity contribution in [3.8, 4) is 22.1 Å². The second kappa shape index (κ2) is 18.1. The number of aryl methyl sites for hydroxylation is 1. The van der Waals surface area contributed by atoms with E-state index >= 15 is 0 Å². The summed E-state index contributed by atoms with van der Waals surface area (Å²) < 4.78 is 27.7. The standard InChI is InChI=1S/C34H47N5O10S/c1-20(2)30(28-17-29(37-49-28)48-14-13-47-12-11-46-10-9-38(5)34(43)44)33(42)39-18-24(40)16-26(39)32(41)36-21(3)25-8-7-23(15-27(25)45-6)31-22(4)35-19-50-31/h7-8,15,17,19-21,24,26,30,40H,9-14,16,18H2,1-6H3,(H,36,41)(H,43,44)/t21-,24+,26-,30+/m0/s1. The van der Waals surface area contributed by atoms with Gasteiger partial charge >= 0.3 is 6.09 Å². The number of carboxylic acid groups (broad SMARTS) is 1. The Kier molecular flexibility index (Phi) is 14.0. The minimum absolute atomic E-state index is 0.00947. The van der Waals surface area contributed by atoms with E-state index in [1.54, 1.807) is 30.0 Å². The molecule has 1 fully saturated rings. The Balaban J connectivity index is 1.32. The molecule has 4 rings (SSSR count). The molecule has 0 radical (unpaired) electrons. The normalized spacial score (nSPS) is 17.1. The van der Waals surface area contributed by atoms with Crippen LogP contribution in [-0.2, 0) is 19.1 Å². The van der Waals surface area contributed by atoms with Crippen LogP contribution in [0.4, 0.5) is 4.79 Å². The number of nitrogens with one attached hydrogen (secondary N) is 1. The largest absolute Gasteiger partial charge is 0.496 e. The molecule has 0 saturated carbocycles. The summed E-state index contributed by atoms with van der Waals surface area (Å²) in [5.41, 5.74) is 4.46. The lowest BCUT2D eigenvalue weighted by Crippen LogP contribution is -2.48. The Morgan fingerprint density at radius 1 is 1.12 bits per heavy atom. The lowest BCUT2D eigenvalue weighted by molar-refractivity contribution is -0.141. The third-order valence-corrected chi connectivity index (χ3v) is 9.40. The van der Waals surface area contributed by atoms with E-state index in [2.05, 4.69) is 15.5 Å². The van der Waals surface area contributed by atoms with Crippen LogP contribution in [0.3, 0.4) is 0 Å². The summed E-state index contributed by atoms with van der Waals surface area (Å²) in [7, 11) is 3.05. The molecule has 3 N–H and O–H groups in total. The average Bonchev–Trinajstić information content (AvgIpc) is 3.83. The highest BCUT2D eigenvalue weighted by molar-refractivity contribution is 7.13. The number of hydrogen-bond donors (Lipinski definition) is 3. The quantitative estimate of drug-likeness (QED) is 0.162. The highest BCUT2D eigenvalue weighted by atomic mass is 32.1. The molecular formula is C34H47N5O10S. The van der Waals surface area contributed by atoms with Gasteiger partial charge in [-0.3, -0.25) is 9.59 Å². The predicted octanol–water partition coefficient (Wildman–Crippen LogP) is 3.72. The Hall–Kier alpha value is -4.25. The number of carbonyl (C=O) groups excluding carboxylic acids is 2. The van der Waals surface area contributed by atoms with Crippen LogP contribution in [0.5, 0.6) is 11.6 Å². The van der Waals surface area contributed by atoms with Gasteiger partial charge in [0.15, 0.2) is 5.76 Å². The number of benzene rings is 1. The highest BCUT2D eigenvalue weighted by Crippen LogP contribution is 2.35. The molecule has 3 heterocycles. The summed E-state index contributed by atoms with van der Waals surface area (Å²) >= 11 is 1.54. The number of amides is 3. The molecule has 0 spiro atoms. The van der Waals surface area contributed by atoms with Crippen molar-refractivity contribution >= 4 is 29.2 Å². The molecule has 2 aromatic heterocycles. The third-order valence-electron chi connectivity index (χ3n) is 8.42. The number of β-amino-alcohol motifs (C(OH)–C–C–N with tert-alkyl or cyclic N) is 1. The molecule has 3 aromatic rings. The van der Waals surface area contributed by atoms with E-state index in [9.17, 15) is 19.5 Å². The monoisotopic (exact) mass is 717 g/mol. The second-order valence-corrected chi connectivity index (χ2v) is 13.3. The molecule has 16 heteroatoms. The molecule has 15 nitrogen and oxygen atoms in total. The number of nitrogens with zero attached hydrogens (tertiary/aromatic N) is 4. The van der Waals surface area contributed by atoms with Gasteiger partial charge in [0, 0.05) is 38.2 Å². The summed E-state index contributed by atoms with van der Waals surface area (Å²) in [4.78, 5) is 46.3. The molecule has 1 saturated heterocycles. The van der Waals surface area contributed by atoms with Crippen molar-refractivity contribution in [1.82, 2.24) is 25.3 Å². The molecule has 4 atom stereocenters. The fourth-order valence-electron chi connectivity index (χ4n) is 5.71. The van der Waals surface area contributed by atoms with Crippen molar-refractivity contribution in [3.63, 3.8) is 0 Å². The van der Waals surface area contributed by atoms with Gasteiger partial charge in [-0.05, 0) is 36.6 Å². The number of likely N-dealkylation sites (N-methyl/N-ethyl adjacent to an activating group) is 1. The Morgan fingerprint density at radius 2 is 1.84 bits per heavy atom. The number of rotatable bonds is 18. The average molecular weight is 718 g/mol. The number of hydrogen-bond acceptors (Lipinski definition) is 12. The zero-order valence-electron chi connectivity index (χ0n) is 29.3. The van der Waals surface area contributed by atoms with E-state index in [1.807, 2.05) is 45.9 Å². The van der Waals surface area contributed by atoms with Gasteiger partial charge in [-0.2, -0.15) is 0 Å². The SMILES string of the molecule is COc1cc(-c2scnc2C)ccc1[C@H](C)NC(=O)[C@@H]1C[C@@H](O)CN1C(=O)[C@@H](c1cc(OCCOCCOCCN(C)C(=O)O)no1)C(C)C. The lowest BCUT2D eigenvalue weighted by atomic mass is 9.91. The number of likely N-dealkylation sites (tertiary alicyclic amines) is 1. The van der Waals surface area contributed by atoms with Crippen LogP contribution in [-0.4, -0.2) is 120 Å². The first-order chi connectivity index (χ1) is 23.9. The molecule has 1 aliphatic heterocycles. The van der Waals surface area contributed by atoms with Gasteiger partial charge in [-0.1, -0.05) is 26.0 Å². The van der Waals surface area contributed by atoms with E-state index in [0.717, 1.165) is 26.6 Å². The number of carbonyl (C=O) groups is 3. The fraction of sp³-hybridized carbons (Fsp3) is 0.559. The summed E-state index contributed by atoms with van der Waals surface area (Å²) in [5, 5.41) is 26.4. The van der Waals surface area contributed by atoms with Crippen molar-refractivity contribution in [3.05, 3.63) is 46.8 Å². The van der Waals surface area contributed by atoms with Crippen molar-refractivity contribution < 1.29 is 48.1 Å². The lowest BCUT2D eigenvalue weighted by Gasteiger charge is -2.29. The molecule has 0 bridgehead atoms. The van der Waals surface area contributed by atoms with Crippen LogP contribution < -0.4 is 14.8 Å². The summed E-state index contributed by atoms with van der Waals surface area (Å²) in [5.74, 6) is -0.632. The Morgan fingerprint density at radius 3 is 2.50 bits per heavy atom. The van der Waals surface area contributed by atoms with Gasteiger partial charge in [0.25, 0.3) is 5.88 Å². The number of aromatic nitrogens is 2. The maximum atomic E-state index is 14.0. The zero-order chi connectivity index (χ0) is 36.4. The topological polar surface area (TPSA) is 186 Å². The number of aliphatic hydroxyl groups is 1. The first-order valence-corrected chi connectivity index (χ1v) is 17.3. The smallest absolute Gasteiger partial charge is 0.407 e. The van der Waals surface area contributed by atoms with Crippen LogP contribution in [0.25, 0.3) is 10.4 Å².